The van der Waals surface area contributed by atoms with Gasteiger partial charge in [-0.25, -0.2) is 0 Å². The van der Waals surface area contributed by atoms with Gasteiger partial charge in [0.15, 0.2) is 0 Å². The molecule has 0 fully saturated rings. The van der Waals surface area contributed by atoms with Gasteiger partial charge in [0.05, 0.1) is 13.0 Å². The van der Waals surface area contributed by atoms with Crippen molar-refractivity contribution in [1.29, 1.82) is 0 Å². The van der Waals surface area contributed by atoms with Gasteiger partial charge in [0.25, 0.3) is 17.7 Å². The molecule has 3 amide bonds. The first-order valence-corrected chi connectivity index (χ1v) is 7.61. The first kappa shape index (κ1) is 19.3. The molecule has 2 rings (SSSR count). The number of nitrogens with zero attached hydrogens (tertiary/aromatic N) is 2. The minimum atomic E-state index is -0.333. The van der Waals surface area contributed by atoms with E-state index in [0.29, 0.717) is 18.8 Å². The Labute approximate surface area is 141 Å². The lowest BCUT2D eigenvalue weighted by atomic mass is 10.1. The Morgan fingerprint density at radius 3 is 2.00 bits per heavy atom. The predicted octanol–water partition coefficient (Wildman–Crippen LogP) is 1.03. The summed E-state index contributed by atoms with van der Waals surface area (Å²) in [6.45, 7) is 8.18. The molecule has 0 aromatic heterocycles. The van der Waals surface area contributed by atoms with Crippen molar-refractivity contribution in [1.82, 2.24) is 9.80 Å². The molecular weight excluding hydrogens is 312 g/mol. The van der Waals surface area contributed by atoms with Gasteiger partial charge in [-0.1, -0.05) is 20.4 Å². The Morgan fingerprint density at radius 1 is 1.08 bits per heavy atom. The first-order chi connectivity index (χ1) is 11.3. The molecule has 7 heteroatoms. The molecule has 130 valence electrons. The fourth-order valence-corrected chi connectivity index (χ4v) is 2.12. The van der Waals surface area contributed by atoms with Crippen LogP contribution in [0, 0.1) is 5.92 Å². The van der Waals surface area contributed by atoms with Gasteiger partial charge in [-0.05, 0) is 12.5 Å². The van der Waals surface area contributed by atoms with Crippen molar-refractivity contribution >= 4 is 23.7 Å². The number of carbonyl (C=O) groups excluding carboxylic acids is 4. The fraction of sp³-hybridized carbons (Fsp3) is 0.412. The number of ether oxygens (including phenoxy) is 1. The quantitative estimate of drug-likeness (QED) is 0.554. The van der Waals surface area contributed by atoms with E-state index in [4.69, 9.17) is 0 Å². The zero-order valence-corrected chi connectivity index (χ0v) is 14.2. The third-order valence-corrected chi connectivity index (χ3v) is 3.44. The Kier molecular flexibility index (Phi) is 7.10. The van der Waals surface area contributed by atoms with Gasteiger partial charge in [0.1, 0.15) is 0 Å². The Hall–Kier alpha value is -2.70. The number of esters is 1. The molecule has 0 spiro atoms. The van der Waals surface area contributed by atoms with E-state index < -0.39 is 0 Å². The van der Waals surface area contributed by atoms with E-state index in [-0.39, 0.29) is 29.6 Å². The fourth-order valence-electron chi connectivity index (χ4n) is 2.12. The SMILES string of the molecule is C=C1C=CC(=O)N1CC(C)C(=O)OC.CCCN1C(=O)C=CC1=O. The van der Waals surface area contributed by atoms with Gasteiger partial charge in [-0.15, -0.1) is 0 Å². The summed E-state index contributed by atoms with van der Waals surface area (Å²) in [5.74, 6) is -1.16. The molecular formula is C17H22N2O5. The molecule has 2 heterocycles. The summed E-state index contributed by atoms with van der Waals surface area (Å²) in [6, 6.07) is 0. The molecule has 0 saturated carbocycles. The highest BCUT2D eigenvalue weighted by atomic mass is 16.5. The summed E-state index contributed by atoms with van der Waals surface area (Å²) in [7, 11) is 1.33. The van der Waals surface area contributed by atoms with Crippen LogP contribution in [0.2, 0.25) is 0 Å². The van der Waals surface area contributed by atoms with E-state index in [1.807, 2.05) is 6.92 Å². The molecule has 0 N–H and O–H groups in total. The third-order valence-electron chi connectivity index (χ3n) is 3.44. The van der Waals surface area contributed by atoms with Gasteiger partial charge in [0, 0.05) is 37.0 Å². The predicted molar refractivity (Wildman–Crippen MR) is 87.3 cm³/mol. The van der Waals surface area contributed by atoms with Crippen molar-refractivity contribution in [2.45, 2.75) is 20.3 Å². The van der Waals surface area contributed by atoms with E-state index in [2.05, 4.69) is 11.3 Å². The minimum Gasteiger partial charge on any atom is -0.469 e. The van der Waals surface area contributed by atoms with Crippen LogP contribution < -0.4 is 0 Å². The summed E-state index contributed by atoms with van der Waals surface area (Å²) in [4.78, 5) is 46.6. The van der Waals surface area contributed by atoms with E-state index in [9.17, 15) is 19.2 Å². The largest absolute Gasteiger partial charge is 0.469 e. The molecule has 7 nitrogen and oxygen atoms in total. The van der Waals surface area contributed by atoms with Crippen LogP contribution in [-0.2, 0) is 23.9 Å². The lowest BCUT2D eigenvalue weighted by Crippen LogP contribution is -2.32. The van der Waals surface area contributed by atoms with Gasteiger partial charge in [-0.3, -0.25) is 24.1 Å². The standard InChI is InChI=1S/C10H13NO3.C7H9NO2/c1-7(10(13)14-3)6-11-8(2)4-5-9(11)12;1-2-5-8-6(9)3-4-7(8)10/h4-5,7H,2,6H2,1,3H3;3-4H,2,5H2,1H3. The van der Waals surface area contributed by atoms with Crippen molar-refractivity contribution in [3.8, 4) is 0 Å². The van der Waals surface area contributed by atoms with Crippen LogP contribution in [0.4, 0.5) is 0 Å². The number of imide groups is 1. The van der Waals surface area contributed by atoms with Crippen molar-refractivity contribution in [2.75, 3.05) is 20.2 Å². The molecule has 1 unspecified atom stereocenters. The summed E-state index contributed by atoms with van der Waals surface area (Å²) in [6.07, 6.45) is 6.49. The molecule has 0 aromatic rings. The number of allylic oxidation sites excluding steroid dienone is 1. The molecule has 0 bridgehead atoms. The molecule has 2 aliphatic heterocycles. The normalized spacial score (nSPS) is 17.3. The Balaban J connectivity index is 0.000000254. The van der Waals surface area contributed by atoms with Crippen LogP contribution in [-0.4, -0.2) is 53.7 Å². The van der Waals surface area contributed by atoms with Crippen molar-refractivity contribution in [2.24, 2.45) is 5.92 Å². The highest BCUT2D eigenvalue weighted by Crippen LogP contribution is 2.15. The second-order valence-electron chi connectivity index (χ2n) is 5.36. The average molecular weight is 334 g/mol. The van der Waals surface area contributed by atoms with Gasteiger partial charge in [0.2, 0.25) is 0 Å². The summed E-state index contributed by atoms with van der Waals surface area (Å²) in [5, 5.41) is 0. The molecule has 24 heavy (non-hydrogen) atoms. The zero-order valence-electron chi connectivity index (χ0n) is 14.2. The lowest BCUT2D eigenvalue weighted by molar-refractivity contribution is -0.145. The minimum absolute atomic E-state index is 0.134. The van der Waals surface area contributed by atoms with Crippen molar-refractivity contribution < 1.29 is 23.9 Å². The number of rotatable bonds is 5. The topological polar surface area (TPSA) is 84.0 Å². The molecule has 0 aromatic carbocycles. The van der Waals surface area contributed by atoms with Crippen LogP contribution in [0.3, 0.4) is 0 Å². The van der Waals surface area contributed by atoms with Crippen LogP contribution in [0.5, 0.6) is 0 Å². The monoisotopic (exact) mass is 334 g/mol. The van der Waals surface area contributed by atoms with Gasteiger partial charge >= 0.3 is 5.97 Å². The first-order valence-electron chi connectivity index (χ1n) is 7.61. The molecule has 2 aliphatic rings. The average Bonchev–Trinajstić information content (AvgIpc) is 3.05. The maximum atomic E-state index is 11.3. The highest BCUT2D eigenvalue weighted by Gasteiger charge is 2.24. The lowest BCUT2D eigenvalue weighted by Gasteiger charge is -2.20. The van der Waals surface area contributed by atoms with Crippen LogP contribution in [0.1, 0.15) is 20.3 Å². The molecule has 0 aliphatic carbocycles. The number of hydrogen-bond acceptors (Lipinski definition) is 5. The van der Waals surface area contributed by atoms with Crippen molar-refractivity contribution in [3.05, 3.63) is 36.6 Å². The summed E-state index contributed by atoms with van der Waals surface area (Å²) in [5.41, 5.74) is 0.616. The molecule has 0 radical (unpaired) electrons. The van der Waals surface area contributed by atoms with E-state index in [0.717, 1.165) is 6.42 Å². The second kappa shape index (κ2) is 8.81. The summed E-state index contributed by atoms with van der Waals surface area (Å²) < 4.78 is 4.57. The van der Waals surface area contributed by atoms with E-state index >= 15 is 0 Å². The number of carbonyl (C=O) groups is 4. The Morgan fingerprint density at radius 2 is 1.58 bits per heavy atom. The Bertz CT molecular complexity index is 570. The van der Waals surface area contributed by atoms with E-state index in [1.54, 1.807) is 13.0 Å². The van der Waals surface area contributed by atoms with Crippen LogP contribution >= 0.6 is 0 Å². The number of methoxy groups -OCH3 is 1. The van der Waals surface area contributed by atoms with E-state index in [1.165, 1.54) is 35.1 Å². The third kappa shape index (κ3) is 4.91. The molecule has 1 atom stereocenters. The smallest absolute Gasteiger partial charge is 0.310 e. The highest BCUT2D eigenvalue weighted by molar-refractivity contribution is 6.12. The maximum absolute atomic E-state index is 11.3. The van der Waals surface area contributed by atoms with Gasteiger partial charge < -0.3 is 9.64 Å². The molecule has 0 saturated heterocycles. The summed E-state index contributed by atoms with van der Waals surface area (Å²) >= 11 is 0. The van der Waals surface area contributed by atoms with Crippen molar-refractivity contribution in [3.63, 3.8) is 0 Å². The van der Waals surface area contributed by atoms with Gasteiger partial charge in [-0.2, -0.15) is 0 Å². The van der Waals surface area contributed by atoms with Crippen LogP contribution in [0.25, 0.3) is 0 Å². The maximum Gasteiger partial charge on any atom is 0.310 e. The van der Waals surface area contributed by atoms with Crippen LogP contribution in [0.15, 0.2) is 36.6 Å². The second-order valence-corrected chi connectivity index (χ2v) is 5.36. The number of amides is 3. The number of hydrogen-bond donors (Lipinski definition) is 0. The zero-order chi connectivity index (χ0) is 18.3.